The van der Waals surface area contributed by atoms with E-state index in [0.29, 0.717) is 18.3 Å². The van der Waals surface area contributed by atoms with Crippen molar-refractivity contribution in [3.63, 3.8) is 0 Å². The molecular formula is C14H23NO4. The minimum atomic E-state index is -0.462. The van der Waals surface area contributed by atoms with Gasteiger partial charge in [-0.15, -0.1) is 0 Å². The minimum Gasteiger partial charge on any atom is -0.463 e. The van der Waals surface area contributed by atoms with Gasteiger partial charge in [0.25, 0.3) is 0 Å². The van der Waals surface area contributed by atoms with Crippen LogP contribution in [-0.4, -0.2) is 32.8 Å². The van der Waals surface area contributed by atoms with Crippen molar-refractivity contribution >= 4 is 5.97 Å². The van der Waals surface area contributed by atoms with E-state index in [1.165, 1.54) is 7.11 Å². The highest BCUT2D eigenvalue weighted by Gasteiger charge is 2.20. The van der Waals surface area contributed by atoms with E-state index in [9.17, 15) is 4.79 Å². The number of esters is 1. The van der Waals surface area contributed by atoms with Crippen molar-refractivity contribution in [2.75, 3.05) is 20.8 Å². The normalized spacial score (nSPS) is 14.4. The largest absolute Gasteiger partial charge is 0.463 e. The third kappa shape index (κ3) is 4.36. The number of carbonyl (C=O) groups excluding carboxylic acids is 1. The first kappa shape index (κ1) is 15.7. The second-order valence-electron chi connectivity index (χ2n) is 4.89. The highest BCUT2D eigenvalue weighted by atomic mass is 16.5. The van der Waals surface area contributed by atoms with Gasteiger partial charge >= 0.3 is 5.97 Å². The van der Waals surface area contributed by atoms with E-state index in [4.69, 9.17) is 9.15 Å². The van der Waals surface area contributed by atoms with Crippen LogP contribution in [0.2, 0.25) is 0 Å². The first-order valence-electron chi connectivity index (χ1n) is 6.42. The third-order valence-electron chi connectivity index (χ3n) is 3.06. The summed E-state index contributed by atoms with van der Waals surface area (Å²) in [5.74, 6) is 0.911. The van der Waals surface area contributed by atoms with E-state index >= 15 is 0 Å². The van der Waals surface area contributed by atoms with Gasteiger partial charge in [0.2, 0.25) is 5.76 Å². The topological polar surface area (TPSA) is 60.7 Å². The predicted molar refractivity (Wildman–Crippen MR) is 72.1 cm³/mol. The molecule has 0 amide bonds. The Morgan fingerprint density at radius 3 is 2.53 bits per heavy atom. The van der Waals surface area contributed by atoms with Crippen molar-refractivity contribution < 1.29 is 18.7 Å². The van der Waals surface area contributed by atoms with Gasteiger partial charge in [-0.25, -0.2) is 4.79 Å². The number of carbonyl (C=O) groups is 1. The molecule has 108 valence electrons. The molecule has 0 saturated carbocycles. The van der Waals surface area contributed by atoms with Gasteiger partial charge in [-0.05, 0) is 25.0 Å². The summed E-state index contributed by atoms with van der Waals surface area (Å²) in [6.07, 6.45) is 0. The molecule has 0 aliphatic carbocycles. The second kappa shape index (κ2) is 7.31. The molecule has 1 aromatic heterocycles. The van der Waals surface area contributed by atoms with Crippen LogP contribution in [0.4, 0.5) is 0 Å². The Balaban J connectivity index is 2.68. The molecule has 0 aliphatic heterocycles. The number of hydrogen-bond acceptors (Lipinski definition) is 5. The Morgan fingerprint density at radius 2 is 2.00 bits per heavy atom. The van der Waals surface area contributed by atoms with Crippen LogP contribution >= 0.6 is 0 Å². The van der Waals surface area contributed by atoms with Crippen molar-refractivity contribution in [1.29, 1.82) is 0 Å². The summed E-state index contributed by atoms with van der Waals surface area (Å²) in [4.78, 5) is 11.3. The summed E-state index contributed by atoms with van der Waals surface area (Å²) in [6, 6.07) is 3.64. The fourth-order valence-corrected chi connectivity index (χ4v) is 1.81. The number of methoxy groups -OCH3 is 2. The Bertz CT molecular complexity index is 400. The number of furan rings is 1. The summed E-state index contributed by atoms with van der Waals surface area (Å²) in [5, 5.41) is 3.43. The SMILES string of the molecule is COCC(NC(C)c1ccc(C(=O)OC)o1)C(C)C. The maximum atomic E-state index is 11.3. The first-order chi connectivity index (χ1) is 8.99. The molecule has 1 N–H and O–H groups in total. The Labute approximate surface area is 114 Å². The van der Waals surface area contributed by atoms with E-state index in [1.54, 1.807) is 19.2 Å². The van der Waals surface area contributed by atoms with Gasteiger partial charge in [0.15, 0.2) is 0 Å². The zero-order valence-corrected chi connectivity index (χ0v) is 12.2. The monoisotopic (exact) mass is 269 g/mol. The lowest BCUT2D eigenvalue weighted by Gasteiger charge is -2.24. The highest BCUT2D eigenvalue weighted by Crippen LogP contribution is 2.18. The number of ether oxygens (including phenoxy) is 2. The van der Waals surface area contributed by atoms with Gasteiger partial charge in [0, 0.05) is 13.2 Å². The van der Waals surface area contributed by atoms with E-state index in [0.717, 1.165) is 0 Å². The summed E-state index contributed by atoms with van der Waals surface area (Å²) in [7, 11) is 3.02. The van der Waals surface area contributed by atoms with Crippen LogP contribution in [0, 0.1) is 5.92 Å². The van der Waals surface area contributed by atoms with Crippen molar-refractivity contribution in [1.82, 2.24) is 5.32 Å². The molecule has 2 unspecified atom stereocenters. The fourth-order valence-electron chi connectivity index (χ4n) is 1.81. The van der Waals surface area contributed by atoms with Crippen LogP contribution in [0.3, 0.4) is 0 Å². The van der Waals surface area contributed by atoms with Crippen LogP contribution in [0.15, 0.2) is 16.5 Å². The highest BCUT2D eigenvalue weighted by molar-refractivity contribution is 5.86. The first-order valence-corrected chi connectivity index (χ1v) is 6.42. The lowest BCUT2D eigenvalue weighted by atomic mass is 10.0. The molecule has 1 heterocycles. The van der Waals surface area contributed by atoms with E-state index < -0.39 is 5.97 Å². The van der Waals surface area contributed by atoms with E-state index in [1.807, 2.05) is 6.92 Å². The molecule has 0 saturated heterocycles. The number of rotatable bonds is 7. The van der Waals surface area contributed by atoms with Crippen molar-refractivity contribution in [3.05, 3.63) is 23.7 Å². The maximum absolute atomic E-state index is 11.3. The second-order valence-corrected chi connectivity index (χ2v) is 4.89. The predicted octanol–water partition coefficient (Wildman–Crippen LogP) is 2.39. The van der Waals surface area contributed by atoms with E-state index in [-0.39, 0.29) is 17.8 Å². The van der Waals surface area contributed by atoms with Crippen LogP contribution < -0.4 is 5.32 Å². The lowest BCUT2D eigenvalue weighted by molar-refractivity contribution is 0.0561. The molecule has 0 aromatic carbocycles. The number of hydrogen-bond donors (Lipinski definition) is 1. The van der Waals surface area contributed by atoms with Crippen LogP contribution in [0.25, 0.3) is 0 Å². The van der Waals surface area contributed by atoms with Gasteiger partial charge in [-0.1, -0.05) is 13.8 Å². The van der Waals surface area contributed by atoms with Gasteiger partial charge in [-0.2, -0.15) is 0 Å². The summed E-state index contributed by atoms with van der Waals surface area (Å²) in [6.45, 7) is 6.88. The van der Waals surface area contributed by atoms with Crippen molar-refractivity contribution in [2.45, 2.75) is 32.9 Å². The molecule has 1 rings (SSSR count). The molecule has 5 heteroatoms. The van der Waals surface area contributed by atoms with E-state index in [2.05, 4.69) is 23.9 Å². The zero-order valence-electron chi connectivity index (χ0n) is 12.2. The van der Waals surface area contributed by atoms with Gasteiger partial charge < -0.3 is 19.2 Å². The smallest absolute Gasteiger partial charge is 0.373 e. The Morgan fingerprint density at radius 1 is 1.32 bits per heavy atom. The molecule has 19 heavy (non-hydrogen) atoms. The molecular weight excluding hydrogens is 246 g/mol. The molecule has 1 aromatic rings. The third-order valence-corrected chi connectivity index (χ3v) is 3.06. The number of nitrogens with one attached hydrogen (secondary N) is 1. The molecule has 0 fully saturated rings. The van der Waals surface area contributed by atoms with Crippen LogP contribution in [-0.2, 0) is 9.47 Å². The molecule has 0 spiro atoms. The van der Waals surface area contributed by atoms with Crippen LogP contribution in [0.1, 0.15) is 43.1 Å². The molecule has 5 nitrogen and oxygen atoms in total. The van der Waals surface area contributed by atoms with Gasteiger partial charge in [0.05, 0.1) is 19.8 Å². The summed E-state index contributed by atoms with van der Waals surface area (Å²) in [5.41, 5.74) is 0. The average molecular weight is 269 g/mol. The van der Waals surface area contributed by atoms with Crippen molar-refractivity contribution in [3.8, 4) is 0 Å². The Hall–Kier alpha value is -1.33. The molecule has 0 radical (unpaired) electrons. The summed E-state index contributed by atoms with van der Waals surface area (Å²) >= 11 is 0. The molecule has 2 atom stereocenters. The summed E-state index contributed by atoms with van der Waals surface area (Å²) < 4.78 is 15.3. The maximum Gasteiger partial charge on any atom is 0.373 e. The Kier molecular flexibility index (Phi) is 6.05. The lowest BCUT2D eigenvalue weighted by Crippen LogP contribution is -2.39. The van der Waals surface area contributed by atoms with Crippen LogP contribution in [0.5, 0.6) is 0 Å². The molecule has 0 bridgehead atoms. The minimum absolute atomic E-state index is 0.000885. The van der Waals surface area contributed by atoms with Crippen molar-refractivity contribution in [2.24, 2.45) is 5.92 Å². The average Bonchev–Trinajstić information content (AvgIpc) is 2.86. The molecule has 0 aliphatic rings. The van der Waals surface area contributed by atoms with Gasteiger partial charge in [0.1, 0.15) is 5.76 Å². The standard InChI is InChI=1S/C14H23NO4/c1-9(2)11(8-17-4)15-10(3)12-6-7-13(19-12)14(16)18-5/h6-7,9-11,15H,8H2,1-5H3. The van der Waals surface area contributed by atoms with Gasteiger partial charge in [-0.3, -0.25) is 0 Å². The quantitative estimate of drug-likeness (QED) is 0.770. The fraction of sp³-hybridized carbons (Fsp3) is 0.643. The zero-order chi connectivity index (χ0) is 14.4.